The number of rotatable bonds is 2. The van der Waals surface area contributed by atoms with Crippen LogP contribution in [0.1, 0.15) is 45.2 Å². The summed E-state index contributed by atoms with van der Waals surface area (Å²) < 4.78 is 1.06. The molecule has 0 saturated carbocycles. The zero-order valence-corrected chi connectivity index (χ0v) is 13.2. The molecule has 1 aromatic carbocycles. The summed E-state index contributed by atoms with van der Waals surface area (Å²) in [4.78, 5) is 17.5. The highest BCUT2D eigenvalue weighted by atomic mass is 79.9. The topological polar surface area (TPSA) is 29.5 Å². The fraction of sp³-hybridized carbons (Fsp3) is 0.533. The van der Waals surface area contributed by atoms with Crippen molar-refractivity contribution in [2.45, 2.75) is 39.7 Å². The second-order valence-electron chi connectivity index (χ2n) is 5.98. The van der Waals surface area contributed by atoms with Crippen LogP contribution in [0.5, 0.6) is 0 Å². The Labute approximate surface area is 123 Å². The summed E-state index contributed by atoms with van der Waals surface area (Å²) in [5, 5.41) is 1.83. The molecule has 1 aliphatic rings. The number of halogens is 1. The summed E-state index contributed by atoms with van der Waals surface area (Å²) in [6, 6.07) is 8.39. The van der Waals surface area contributed by atoms with Crippen LogP contribution in [0, 0.1) is 5.41 Å². The van der Waals surface area contributed by atoms with Crippen molar-refractivity contribution < 1.29 is 9.63 Å². The predicted molar refractivity (Wildman–Crippen MR) is 78.4 cm³/mol. The average molecular weight is 326 g/mol. The number of hydrogen-bond acceptors (Lipinski definition) is 3. The lowest BCUT2D eigenvalue weighted by Crippen LogP contribution is -2.33. The Hall–Kier alpha value is -0.870. The van der Waals surface area contributed by atoms with E-state index in [-0.39, 0.29) is 12.0 Å². The molecule has 1 heterocycles. The molecule has 3 nitrogen and oxygen atoms in total. The second kappa shape index (κ2) is 5.63. The number of nitrogens with zero attached hydrogens (tertiary/aromatic N) is 1. The van der Waals surface area contributed by atoms with Crippen LogP contribution in [-0.4, -0.2) is 17.6 Å². The van der Waals surface area contributed by atoms with Gasteiger partial charge in [0.25, 0.3) is 0 Å². The third kappa shape index (κ3) is 3.57. The summed E-state index contributed by atoms with van der Waals surface area (Å²) in [6.07, 6.45) is 2.08. The first kappa shape index (κ1) is 14.5. The standard InChI is InChI=1S/C15H20BrNO2/c1-15(2,3)14(18)19-17-10-4-5-13(17)11-6-8-12(16)9-7-11/h6-9,13H,4-5,10H2,1-3H3. The van der Waals surface area contributed by atoms with Gasteiger partial charge in [0, 0.05) is 11.0 Å². The van der Waals surface area contributed by atoms with Crippen LogP contribution in [0.3, 0.4) is 0 Å². The Morgan fingerprint density at radius 2 is 1.95 bits per heavy atom. The van der Waals surface area contributed by atoms with Crippen LogP contribution in [0.4, 0.5) is 0 Å². The van der Waals surface area contributed by atoms with E-state index in [9.17, 15) is 4.79 Å². The van der Waals surface area contributed by atoms with Crippen molar-refractivity contribution in [2.75, 3.05) is 6.54 Å². The van der Waals surface area contributed by atoms with E-state index in [1.54, 1.807) is 0 Å². The third-order valence-corrected chi connectivity index (χ3v) is 3.80. The molecular weight excluding hydrogens is 306 g/mol. The minimum Gasteiger partial charge on any atom is -0.367 e. The molecule has 2 rings (SSSR count). The smallest absolute Gasteiger partial charge is 0.330 e. The molecule has 0 amide bonds. The molecule has 0 bridgehead atoms. The van der Waals surface area contributed by atoms with Crippen LogP contribution in [0.2, 0.25) is 0 Å². The van der Waals surface area contributed by atoms with E-state index >= 15 is 0 Å². The SMILES string of the molecule is CC(C)(C)C(=O)ON1CCCC1c1ccc(Br)cc1. The van der Waals surface area contributed by atoms with Crippen LogP contribution in [0.15, 0.2) is 28.7 Å². The van der Waals surface area contributed by atoms with Gasteiger partial charge in [0.15, 0.2) is 0 Å². The van der Waals surface area contributed by atoms with Gasteiger partial charge >= 0.3 is 5.97 Å². The lowest BCUT2D eigenvalue weighted by molar-refractivity contribution is -0.205. The first-order valence-electron chi connectivity index (χ1n) is 6.62. The van der Waals surface area contributed by atoms with Crippen molar-refractivity contribution >= 4 is 21.9 Å². The van der Waals surface area contributed by atoms with Gasteiger partial charge in [-0.15, -0.1) is 5.06 Å². The van der Waals surface area contributed by atoms with E-state index in [0.717, 1.165) is 23.9 Å². The second-order valence-corrected chi connectivity index (χ2v) is 6.89. The molecule has 0 N–H and O–H groups in total. The van der Waals surface area contributed by atoms with Crippen LogP contribution in [-0.2, 0) is 9.63 Å². The molecule has 104 valence electrons. The molecule has 0 aliphatic carbocycles. The van der Waals surface area contributed by atoms with Crippen molar-refractivity contribution in [3.63, 3.8) is 0 Å². The maximum Gasteiger partial charge on any atom is 0.330 e. The van der Waals surface area contributed by atoms with E-state index in [2.05, 4.69) is 28.1 Å². The van der Waals surface area contributed by atoms with Gasteiger partial charge in [-0.3, -0.25) is 0 Å². The van der Waals surface area contributed by atoms with Crippen molar-refractivity contribution in [3.05, 3.63) is 34.3 Å². The van der Waals surface area contributed by atoms with E-state index in [4.69, 9.17) is 4.84 Å². The summed E-state index contributed by atoms with van der Waals surface area (Å²) in [7, 11) is 0. The molecule has 4 heteroatoms. The average Bonchev–Trinajstić information content (AvgIpc) is 2.77. The molecule has 1 aliphatic heterocycles. The molecule has 0 radical (unpaired) electrons. The Kier molecular flexibility index (Phi) is 4.31. The van der Waals surface area contributed by atoms with Crippen molar-refractivity contribution in [3.8, 4) is 0 Å². The normalized spacial score (nSPS) is 20.5. The van der Waals surface area contributed by atoms with Gasteiger partial charge in [-0.25, -0.2) is 4.79 Å². The van der Waals surface area contributed by atoms with Crippen molar-refractivity contribution in [1.82, 2.24) is 5.06 Å². The largest absolute Gasteiger partial charge is 0.367 e. The van der Waals surface area contributed by atoms with Gasteiger partial charge in [0.1, 0.15) is 0 Å². The summed E-state index contributed by atoms with van der Waals surface area (Å²) in [6.45, 7) is 6.43. The van der Waals surface area contributed by atoms with Gasteiger partial charge in [-0.2, -0.15) is 0 Å². The summed E-state index contributed by atoms with van der Waals surface area (Å²) in [5.41, 5.74) is 0.731. The first-order chi connectivity index (χ1) is 8.88. The molecule has 1 saturated heterocycles. The number of hydrogen-bond donors (Lipinski definition) is 0. The highest BCUT2D eigenvalue weighted by Crippen LogP contribution is 2.33. The number of hydroxylamine groups is 2. The number of carbonyl (C=O) groups is 1. The van der Waals surface area contributed by atoms with Crippen LogP contribution >= 0.6 is 15.9 Å². The van der Waals surface area contributed by atoms with Crippen molar-refractivity contribution in [1.29, 1.82) is 0 Å². The zero-order chi connectivity index (χ0) is 14.0. The predicted octanol–water partition coefficient (Wildman–Crippen LogP) is 4.09. The van der Waals surface area contributed by atoms with Gasteiger partial charge < -0.3 is 4.84 Å². The maximum atomic E-state index is 12.0. The van der Waals surface area contributed by atoms with Gasteiger partial charge in [-0.1, -0.05) is 28.1 Å². The van der Waals surface area contributed by atoms with E-state index in [1.807, 2.05) is 38.0 Å². The zero-order valence-electron chi connectivity index (χ0n) is 11.6. The number of benzene rings is 1. The van der Waals surface area contributed by atoms with E-state index in [1.165, 1.54) is 5.56 Å². The molecule has 1 aromatic rings. The third-order valence-electron chi connectivity index (χ3n) is 3.27. The fourth-order valence-corrected chi connectivity index (χ4v) is 2.38. The molecule has 0 aromatic heterocycles. The van der Waals surface area contributed by atoms with E-state index < -0.39 is 5.41 Å². The molecule has 19 heavy (non-hydrogen) atoms. The fourth-order valence-electron chi connectivity index (χ4n) is 2.11. The lowest BCUT2D eigenvalue weighted by atomic mass is 9.98. The first-order valence-corrected chi connectivity index (χ1v) is 7.42. The van der Waals surface area contributed by atoms with E-state index in [0.29, 0.717) is 0 Å². The maximum absolute atomic E-state index is 12.0. The highest BCUT2D eigenvalue weighted by Gasteiger charge is 2.33. The molecule has 1 fully saturated rings. The molecule has 0 spiro atoms. The monoisotopic (exact) mass is 325 g/mol. The minimum atomic E-state index is -0.465. The van der Waals surface area contributed by atoms with Gasteiger partial charge in [0.2, 0.25) is 0 Å². The minimum absolute atomic E-state index is 0.170. The molecule has 1 unspecified atom stereocenters. The Balaban J connectivity index is 2.09. The Bertz CT molecular complexity index is 450. The van der Waals surface area contributed by atoms with Gasteiger partial charge in [-0.05, 0) is 51.3 Å². The summed E-state index contributed by atoms with van der Waals surface area (Å²) >= 11 is 3.44. The van der Waals surface area contributed by atoms with Gasteiger partial charge in [0.05, 0.1) is 11.5 Å². The Morgan fingerprint density at radius 1 is 1.32 bits per heavy atom. The molecule has 1 atom stereocenters. The molecular formula is C15H20BrNO2. The van der Waals surface area contributed by atoms with Crippen LogP contribution < -0.4 is 0 Å². The Morgan fingerprint density at radius 3 is 2.53 bits per heavy atom. The quantitative estimate of drug-likeness (QED) is 0.820. The van der Waals surface area contributed by atoms with Crippen molar-refractivity contribution in [2.24, 2.45) is 5.41 Å². The lowest BCUT2D eigenvalue weighted by Gasteiger charge is -2.27. The highest BCUT2D eigenvalue weighted by molar-refractivity contribution is 9.10. The summed E-state index contributed by atoms with van der Waals surface area (Å²) in [5.74, 6) is -0.170. The number of carbonyl (C=O) groups excluding carboxylic acids is 1. The van der Waals surface area contributed by atoms with Crippen LogP contribution in [0.25, 0.3) is 0 Å².